The molecule has 1 atom stereocenters. The van der Waals surface area contributed by atoms with Crippen molar-refractivity contribution in [2.24, 2.45) is 0 Å². The van der Waals surface area contributed by atoms with Crippen molar-refractivity contribution in [3.63, 3.8) is 0 Å². The van der Waals surface area contributed by atoms with E-state index < -0.39 is 15.9 Å². The van der Waals surface area contributed by atoms with Crippen molar-refractivity contribution in [2.45, 2.75) is 30.9 Å². The summed E-state index contributed by atoms with van der Waals surface area (Å²) in [4.78, 5) is 24.1. The number of rotatable bonds is 5. The van der Waals surface area contributed by atoms with Gasteiger partial charge in [0.1, 0.15) is 0 Å². The molecule has 160 valence electrons. The molecule has 10 heteroatoms. The van der Waals surface area contributed by atoms with Crippen LogP contribution < -0.4 is 10.6 Å². The second-order valence-electron chi connectivity index (χ2n) is 7.30. The lowest BCUT2D eigenvalue weighted by molar-refractivity contribution is -0.116. The van der Waals surface area contributed by atoms with Crippen LogP contribution in [0.3, 0.4) is 0 Å². The van der Waals surface area contributed by atoms with Gasteiger partial charge in [-0.1, -0.05) is 12.1 Å². The number of nitrogens with one attached hydrogen (secondary N) is 2. The van der Waals surface area contributed by atoms with E-state index in [-0.39, 0.29) is 35.9 Å². The number of anilines is 1. The Morgan fingerprint density at radius 3 is 2.70 bits per heavy atom. The SMILES string of the molecule is C[C@H](NC(=O)c1ccc(S(=O)(=O)N2CCOCC2)o1)c1ccc2c(c1)CCC(=O)N2. The molecule has 0 bridgehead atoms. The third-order valence-electron chi connectivity index (χ3n) is 5.24. The number of carbonyl (C=O) groups is 2. The van der Waals surface area contributed by atoms with Crippen LogP contribution in [0, 0.1) is 0 Å². The molecule has 0 aliphatic carbocycles. The van der Waals surface area contributed by atoms with Crippen molar-refractivity contribution < 1.29 is 27.2 Å². The Labute approximate surface area is 174 Å². The first-order chi connectivity index (χ1) is 14.3. The first-order valence-electron chi connectivity index (χ1n) is 9.76. The van der Waals surface area contributed by atoms with Crippen LogP contribution in [-0.4, -0.2) is 50.8 Å². The maximum absolute atomic E-state index is 12.6. The molecule has 2 aliphatic rings. The summed E-state index contributed by atoms with van der Waals surface area (Å²) in [5.41, 5.74) is 2.69. The fourth-order valence-corrected chi connectivity index (χ4v) is 4.84. The Balaban J connectivity index is 1.45. The van der Waals surface area contributed by atoms with E-state index in [0.717, 1.165) is 16.8 Å². The van der Waals surface area contributed by atoms with Gasteiger partial charge in [0.15, 0.2) is 5.76 Å². The van der Waals surface area contributed by atoms with Gasteiger partial charge in [0, 0.05) is 25.2 Å². The summed E-state index contributed by atoms with van der Waals surface area (Å²) in [6, 6.07) is 7.94. The third kappa shape index (κ3) is 4.11. The summed E-state index contributed by atoms with van der Waals surface area (Å²) in [6.45, 7) is 2.99. The summed E-state index contributed by atoms with van der Waals surface area (Å²) in [5, 5.41) is 5.39. The number of hydrogen-bond donors (Lipinski definition) is 2. The van der Waals surface area contributed by atoms with E-state index in [9.17, 15) is 18.0 Å². The Bertz CT molecular complexity index is 1070. The number of nitrogens with zero attached hydrogens (tertiary/aromatic N) is 1. The molecule has 9 nitrogen and oxygen atoms in total. The van der Waals surface area contributed by atoms with Crippen LogP contribution >= 0.6 is 0 Å². The molecule has 1 aromatic carbocycles. The van der Waals surface area contributed by atoms with Gasteiger partial charge in [0.05, 0.1) is 19.3 Å². The highest BCUT2D eigenvalue weighted by atomic mass is 32.2. The van der Waals surface area contributed by atoms with Gasteiger partial charge < -0.3 is 19.8 Å². The molecule has 0 saturated carbocycles. The van der Waals surface area contributed by atoms with Crippen molar-refractivity contribution >= 4 is 27.5 Å². The molecule has 1 fully saturated rings. The fraction of sp³-hybridized carbons (Fsp3) is 0.400. The van der Waals surface area contributed by atoms with Crippen LogP contribution in [0.2, 0.25) is 0 Å². The summed E-state index contributed by atoms with van der Waals surface area (Å²) < 4.78 is 37.1. The molecule has 2 N–H and O–H groups in total. The molecule has 0 unspecified atom stereocenters. The number of fused-ring (bicyclic) bond motifs is 1. The minimum atomic E-state index is -3.80. The summed E-state index contributed by atoms with van der Waals surface area (Å²) >= 11 is 0. The standard InChI is InChI=1S/C20H23N3O6S/c1-13(14-2-4-16-15(12-14)3-6-18(24)22-16)21-20(25)17-5-7-19(29-17)30(26,27)23-8-10-28-11-9-23/h2,4-5,7,12-13H,3,6,8-11H2,1H3,(H,21,25)(H,22,24)/t13-/m0/s1. The first kappa shape index (κ1) is 20.6. The van der Waals surface area contributed by atoms with Crippen molar-refractivity contribution in [1.29, 1.82) is 0 Å². The van der Waals surface area contributed by atoms with Gasteiger partial charge in [-0.2, -0.15) is 4.31 Å². The molecule has 1 saturated heterocycles. The lowest BCUT2D eigenvalue weighted by Crippen LogP contribution is -2.40. The van der Waals surface area contributed by atoms with Crippen molar-refractivity contribution in [2.75, 3.05) is 31.6 Å². The lowest BCUT2D eigenvalue weighted by Gasteiger charge is -2.24. The highest BCUT2D eigenvalue weighted by Crippen LogP contribution is 2.26. The van der Waals surface area contributed by atoms with Gasteiger partial charge in [-0.3, -0.25) is 9.59 Å². The normalized spacial score (nSPS) is 18.4. The number of morpholine rings is 1. The van der Waals surface area contributed by atoms with Gasteiger partial charge in [-0.05, 0) is 42.7 Å². The topological polar surface area (TPSA) is 118 Å². The summed E-state index contributed by atoms with van der Waals surface area (Å²) in [6.07, 6.45) is 1.08. The Kier molecular flexibility index (Phi) is 5.63. The maximum atomic E-state index is 12.6. The Morgan fingerprint density at radius 2 is 1.93 bits per heavy atom. The zero-order valence-corrected chi connectivity index (χ0v) is 17.3. The predicted octanol–water partition coefficient (Wildman–Crippen LogP) is 1.68. The summed E-state index contributed by atoms with van der Waals surface area (Å²) in [5.74, 6) is -0.576. The molecule has 0 radical (unpaired) electrons. The number of furan rings is 1. The smallest absolute Gasteiger partial charge is 0.287 e. The van der Waals surface area contributed by atoms with Gasteiger partial charge in [-0.25, -0.2) is 8.42 Å². The predicted molar refractivity (Wildman–Crippen MR) is 108 cm³/mol. The molecule has 1 aromatic heterocycles. The number of carbonyl (C=O) groups excluding carboxylic acids is 2. The summed E-state index contributed by atoms with van der Waals surface area (Å²) in [7, 11) is -3.80. The number of hydrogen-bond acceptors (Lipinski definition) is 6. The second kappa shape index (κ2) is 8.21. The van der Waals surface area contributed by atoms with Gasteiger partial charge >= 0.3 is 0 Å². The number of sulfonamides is 1. The molecular formula is C20H23N3O6S. The highest BCUT2D eigenvalue weighted by molar-refractivity contribution is 7.89. The van der Waals surface area contributed by atoms with E-state index in [0.29, 0.717) is 26.1 Å². The van der Waals surface area contributed by atoms with Crippen LogP contribution in [-0.2, 0) is 26.0 Å². The second-order valence-corrected chi connectivity index (χ2v) is 9.16. The molecule has 2 aromatic rings. The number of aryl methyl sites for hydroxylation is 1. The first-order valence-corrected chi connectivity index (χ1v) is 11.2. The maximum Gasteiger partial charge on any atom is 0.287 e. The Morgan fingerprint density at radius 1 is 1.17 bits per heavy atom. The van der Waals surface area contributed by atoms with E-state index in [4.69, 9.17) is 9.15 Å². The van der Waals surface area contributed by atoms with Crippen LogP contribution in [0.25, 0.3) is 0 Å². The largest absolute Gasteiger partial charge is 0.438 e. The minimum Gasteiger partial charge on any atom is -0.438 e. The molecule has 4 rings (SSSR count). The van der Waals surface area contributed by atoms with E-state index in [1.807, 2.05) is 25.1 Å². The molecule has 2 aliphatic heterocycles. The number of benzene rings is 1. The van der Waals surface area contributed by atoms with Gasteiger partial charge in [0.25, 0.3) is 15.9 Å². The molecule has 2 amide bonds. The van der Waals surface area contributed by atoms with E-state index in [2.05, 4.69) is 10.6 Å². The van der Waals surface area contributed by atoms with Crippen LogP contribution in [0.15, 0.2) is 39.8 Å². The average Bonchev–Trinajstić information content (AvgIpc) is 3.25. The minimum absolute atomic E-state index is 0.00254. The monoisotopic (exact) mass is 433 g/mol. The van der Waals surface area contributed by atoms with E-state index in [1.165, 1.54) is 16.4 Å². The lowest BCUT2D eigenvalue weighted by atomic mass is 9.98. The zero-order chi connectivity index (χ0) is 21.3. The molecule has 3 heterocycles. The van der Waals surface area contributed by atoms with Crippen LogP contribution in [0.4, 0.5) is 5.69 Å². The molecule has 0 spiro atoms. The van der Waals surface area contributed by atoms with Crippen molar-refractivity contribution in [3.05, 3.63) is 47.2 Å². The van der Waals surface area contributed by atoms with Crippen molar-refractivity contribution in [3.8, 4) is 0 Å². The highest BCUT2D eigenvalue weighted by Gasteiger charge is 2.30. The number of ether oxygens (including phenoxy) is 1. The Hall–Kier alpha value is -2.69. The van der Waals surface area contributed by atoms with Gasteiger partial charge in [0.2, 0.25) is 11.0 Å². The zero-order valence-electron chi connectivity index (χ0n) is 16.5. The third-order valence-corrected chi connectivity index (χ3v) is 7.01. The average molecular weight is 433 g/mol. The quantitative estimate of drug-likeness (QED) is 0.741. The molecular weight excluding hydrogens is 410 g/mol. The molecule has 30 heavy (non-hydrogen) atoms. The van der Waals surface area contributed by atoms with E-state index in [1.54, 1.807) is 0 Å². The van der Waals surface area contributed by atoms with Gasteiger partial charge in [-0.15, -0.1) is 0 Å². The fourth-order valence-electron chi connectivity index (χ4n) is 3.52. The van der Waals surface area contributed by atoms with Crippen LogP contribution in [0.1, 0.15) is 41.1 Å². The van der Waals surface area contributed by atoms with Crippen LogP contribution in [0.5, 0.6) is 0 Å². The van der Waals surface area contributed by atoms with E-state index >= 15 is 0 Å². The van der Waals surface area contributed by atoms with Crippen molar-refractivity contribution in [1.82, 2.24) is 9.62 Å². The number of amides is 2.